The summed E-state index contributed by atoms with van der Waals surface area (Å²) in [6, 6.07) is 14.2. The van der Waals surface area contributed by atoms with Gasteiger partial charge in [-0.05, 0) is 36.6 Å². The average Bonchev–Trinajstić information content (AvgIpc) is 3.13. The molecule has 0 amide bonds. The number of sulfone groups is 1. The Balaban J connectivity index is 1.77. The fraction of sp³-hybridized carbons (Fsp3) is 0.217. The van der Waals surface area contributed by atoms with Gasteiger partial charge in [0.2, 0.25) is 0 Å². The summed E-state index contributed by atoms with van der Waals surface area (Å²) >= 11 is 0. The van der Waals surface area contributed by atoms with Gasteiger partial charge in [-0.1, -0.05) is 32.0 Å². The molecule has 0 unspecified atom stereocenters. The molecule has 0 aliphatic rings. The molecule has 4 aromatic rings. The van der Waals surface area contributed by atoms with Crippen LogP contribution in [0.4, 0.5) is 23.0 Å². The molecule has 0 radical (unpaired) electrons. The fourth-order valence-corrected chi connectivity index (χ4v) is 4.37. The Morgan fingerprint density at radius 3 is 2.45 bits per heavy atom. The number of nitriles is 1. The molecule has 0 aliphatic carbocycles. The lowest BCUT2D eigenvalue weighted by atomic mass is 10.0. The van der Waals surface area contributed by atoms with Crippen molar-refractivity contribution in [2.45, 2.75) is 31.6 Å². The molecule has 0 saturated carbocycles. The van der Waals surface area contributed by atoms with Crippen molar-refractivity contribution in [1.82, 2.24) is 19.9 Å². The summed E-state index contributed by atoms with van der Waals surface area (Å²) in [7, 11) is -3.44. The second-order valence-electron chi connectivity index (χ2n) is 8.00. The summed E-state index contributed by atoms with van der Waals surface area (Å²) < 4.78 is 24.5. The van der Waals surface area contributed by atoms with E-state index in [2.05, 4.69) is 36.6 Å². The maximum absolute atomic E-state index is 12.2. The van der Waals surface area contributed by atoms with Gasteiger partial charge in [-0.2, -0.15) is 5.26 Å². The number of H-pyrrole nitrogens is 1. The minimum Gasteiger partial charge on any atom is -0.353 e. The smallest absolute Gasteiger partial charge is 0.181 e. The van der Waals surface area contributed by atoms with Crippen molar-refractivity contribution in [3.63, 3.8) is 0 Å². The van der Waals surface area contributed by atoms with E-state index >= 15 is 0 Å². The summed E-state index contributed by atoms with van der Waals surface area (Å²) in [4.78, 5) is 16.7. The molecule has 0 aliphatic heterocycles. The van der Waals surface area contributed by atoms with Crippen LogP contribution in [0.15, 0.2) is 47.4 Å². The molecule has 10 heteroatoms. The second-order valence-corrected chi connectivity index (χ2v) is 9.98. The van der Waals surface area contributed by atoms with Crippen LogP contribution in [-0.2, 0) is 9.84 Å². The largest absolute Gasteiger partial charge is 0.353 e. The number of imidazole rings is 1. The van der Waals surface area contributed by atoms with Crippen LogP contribution in [0.1, 0.15) is 36.8 Å². The zero-order valence-corrected chi connectivity index (χ0v) is 19.4. The summed E-state index contributed by atoms with van der Waals surface area (Å²) in [5.41, 5.74) is 3.36. The van der Waals surface area contributed by atoms with Crippen molar-refractivity contribution in [3.8, 4) is 6.07 Å². The number of aryl methyl sites for hydroxylation is 1. The van der Waals surface area contributed by atoms with Crippen LogP contribution in [0.25, 0.3) is 11.2 Å². The van der Waals surface area contributed by atoms with Crippen LogP contribution in [0.3, 0.4) is 0 Å². The Kier molecular flexibility index (Phi) is 5.74. The molecule has 3 heterocycles. The number of aromatic nitrogens is 4. The van der Waals surface area contributed by atoms with E-state index in [9.17, 15) is 13.7 Å². The van der Waals surface area contributed by atoms with Crippen LogP contribution in [-0.4, -0.2) is 34.6 Å². The third kappa shape index (κ3) is 4.63. The van der Waals surface area contributed by atoms with Gasteiger partial charge in [0.1, 0.15) is 34.7 Å². The predicted molar refractivity (Wildman–Crippen MR) is 128 cm³/mol. The standard InChI is InChI=1S/C23H23N7O2S/c1-13(2)15-9-10-20(28-18(15)12-24)29-21-11-17(22-23(30-21)26-14(3)25-22)27-16-7-5-6-8-19(16)33(4,31)32/h5-11,13H,1-4H3,(H3,25,26,27,28,29,30). The third-order valence-corrected chi connectivity index (χ3v) is 6.20. The highest BCUT2D eigenvalue weighted by atomic mass is 32.2. The van der Waals surface area contributed by atoms with E-state index in [-0.39, 0.29) is 10.8 Å². The van der Waals surface area contributed by atoms with Gasteiger partial charge < -0.3 is 15.6 Å². The van der Waals surface area contributed by atoms with E-state index in [0.29, 0.717) is 45.7 Å². The normalized spacial score (nSPS) is 11.5. The maximum atomic E-state index is 12.2. The van der Waals surface area contributed by atoms with Gasteiger partial charge in [0, 0.05) is 12.3 Å². The topological polar surface area (TPSA) is 136 Å². The van der Waals surface area contributed by atoms with Crippen molar-refractivity contribution in [1.29, 1.82) is 5.26 Å². The van der Waals surface area contributed by atoms with E-state index in [1.807, 2.05) is 26.8 Å². The number of benzene rings is 1. The molecule has 0 saturated heterocycles. The molecular weight excluding hydrogens is 438 g/mol. The molecular formula is C23H23N7O2S. The van der Waals surface area contributed by atoms with E-state index in [4.69, 9.17) is 0 Å². The first-order chi connectivity index (χ1) is 15.7. The molecule has 33 heavy (non-hydrogen) atoms. The first-order valence-electron chi connectivity index (χ1n) is 10.3. The van der Waals surface area contributed by atoms with Crippen LogP contribution in [0.5, 0.6) is 0 Å². The van der Waals surface area contributed by atoms with E-state index in [0.717, 1.165) is 5.56 Å². The van der Waals surface area contributed by atoms with Crippen LogP contribution < -0.4 is 10.6 Å². The number of rotatable bonds is 6. The Labute approximate surface area is 191 Å². The van der Waals surface area contributed by atoms with Crippen molar-refractivity contribution < 1.29 is 8.42 Å². The number of hydrogen-bond donors (Lipinski definition) is 3. The van der Waals surface area contributed by atoms with Gasteiger partial charge in [0.25, 0.3) is 0 Å². The molecule has 1 aromatic carbocycles. The fourth-order valence-electron chi connectivity index (χ4n) is 3.53. The Hall–Kier alpha value is -3.97. The number of fused-ring (bicyclic) bond motifs is 1. The van der Waals surface area contributed by atoms with Crippen LogP contribution >= 0.6 is 0 Å². The van der Waals surface area contributed by atoms with Gasteiger partial charge in [-0.15, -0.1) is 0 Å². The molecule has 0 bridgehead atoms. The molecule has 168 valence electrons. The van der Waals surface area contributed by atoms with Gasteiger partial charge in [0.05, 0.1) is 16.3 Å². The number of nitrogens with zero attached hydrogens (tertiary/aromatic N) is 4. The Morgan fingerprint density at radius 1 is 1.00 bits per heavy atom. The SMILES string of the molecule is Cc1nc2nc(Nc3ccc(C(C)C)c(C#N)n3)cc(Nc3ccccc3S(C)(=O)=O)c2[nH]1. The summed E-state index contributed by atoms with van der Waals surface area (Å²) in [5, 5.41) is 15.8. The monoisotopic (exact) mass is 461 g/mol. The number of hydrogen-bond acceptors (Lipinski definition) is 8. The number of anilines is 4. The first-order valence-corrected chi connectivity index (χ1v) is 12.2. The van der Waals surface area contributed by atoms with Gasteiger partial charge >= 0.3 is 0 Å². The molecule has 0 atom stereocenters. The van der Waals surface area contributed by atoms with Crippen molar-refractivity contribution in [2.75, 3.05) is 16.9 Å². The molecule has 9 nitrogen and oxygen atoms in total. The first kappa shape index (κ1) is 22.2. The molecule has 3 aromatic heterocycles. The minimum atomic E-state index is -3.44. The van der Waals surface area contributed by atoms with Crippen LogP contribution in [0.2, 0.25) is 0 Å². The zero-order valence-electron chi connectivity index (χ0n) is 18.6. The lowest BCUT2D eigenvalue weighted by molar-refractivity contribution is 0.602. The molecule has 0 fully saturated rings. The summed E-state index contributed by atoms with van der Waals surface area (Å²) in [6.45, 7) is 5.83. The summed E-state index contributed by atoms with van der Waals surface area (Å²) in [5.74, 6) is 1.76. The van der Waals surface area contributed by atoms with Crippen molar-refractivity contribution in [2.24, 2.45) is 0 Å². The number of aromatic amines is 1. The van der Waals surface area contributed by atoms with Crippen molar-refractivity contribution >= 4 is 44.0 Å². The van der Waals surface area contributed by atoms with E-state index in [1.165, 1.54) is 6.26 Å². The van der Waals surface area contributed by atoms with Gasteiger partial charge in [0.15, 0.2) is 15.5 Å². The van der Waals surface area contributed by atoms with E-state index in [1.54, 1.807) is 36.4 Å². The Bertz CT molecular complexity index is 1500. The third-order valence-electron chi connectivity index (χ3n) is 5.05. The molecule has 3 N–H and O–H groups in total. The lowest BCUT2D eigenvalue weighted by Gasteiger charge is -2.14. The highest BCUT2D eigenvalue weighted by Gasteiger charge is 2.16. The zero-order chi connectivity index (χ0) is 23.8. The average molecular weight is 462 g/mol. The van der Waals surface area contributed by atoms with Gasteiger partial charge in [-0.3, -0.25) is 0 Å². The quantitative estimate of drug-likeness (QED) is 0.380. The van der Waals surface area contributed by atoms with Crippen molar-refractivity contribution in [3.05, 3.63) is 59.5 Å². The predicted octanol–water partition coefficient (Wildman–Crippen LogP) is 4.55. The summed E-state index contributed by atoms with van der Waals surface area (Å²) in [6.07, 6.45) is 1.17. The van der Waals surface area contributed by atoms with E-state index < -0.39 is 9.84 Å². The van der Waals surface area contributed by atoms with Gasteiger partial charge in [-0.25, -0.2) is 23.4 Å². The Morgan fingerprint density at radius 2 is 1.76 bits per heavy atom. The highest BCUT2D eigenvalue weighted by molar-refractivity contribution is 7.90. The minimum absolute atomic E-state index is 0.174. The highest BCUT2D eigenvalue weighted by Crippen LogP contribution is 2.31. The second kappa shape index (κ2) is 8.52. The number of pyridine rings is 2. The maximum Gasteiger partial charge on any atom is 0.181 e. The number of nitrogens with one attached hydrogen (secondary N) is 3. The molecule has 4 rings (SSSR count). The molecule has 0 spiro atoms. The number of para-hydroxylation sites is 1. The lowest BCUT2D eigenvalue weighted by Crippen LogP contribution is -2.04. The van der Waals surface area contributed by atoms with Crippen LogP contribution in [0, 0.1) is 18.3 Å².